The first-order valence-corrected chi connectivity index (χ1v) is 10.5. The first-order chi connectivity index (χ1) is 14.4. The largest absolute Gasteiger partial charge is 0.0623 e. The van der Waals surface area contributed by atoms with Gasteiger partial charge in [-0.15, -0.1) is 0 Å². The summed E-state index contributed by atoms with van der Waals surface area (Å²) in [7, 11) is 0. The Hall–Kier alpha value is -3.12. The summed E-state index contributed by atoms with van der Waals surface area (Å²) in [6.07, 6.45) is 0. The fourth-order valence-corrected chi connectivity index (χ4v) is 2.37. The highest BCUT2D eigenvalue weighted by atomic mass is 13.9. The van der Waals surface area contributed by atoms with Crippen molar-refractivity contribution in [3.8, 4) is 0 Å². The van der Waals surface area contributed by atoms with Crippen LogP contribution in [0.2, 0.25) is 0 Å². The Bertz CT molecular complexity index is 759. The van der Waals surface area contributed by atoms with Crippen molar-refractivity contribution in [2.45, 2.75) is 41.5 Å². The molecule has 0 heteroatoms. The Kier molecular flexibility index (Phi) is 12.3. The van der Waals surface area contributed by atoms with Crippen molar-refractivity contribution in [1.29, 1.82) is 0 Å². The van der Waals surface area contributed by atoms with Crippen molar-refractivity contribution in [2.24, 2.45) is 0 Å². The second-order valence-electron chi connectivity index (χ2n) is 7.41. The van der Waals surface area contributed by atoms with E-state index < -0.39 is 0 Å². The summed E-state index contributed by atoms with van der Waals surface area (Å²) in [5.41, 5.74) is 8.21. The van der Waals surface area contributed by atoms with Gasteiger partial charge in [0.05, 0.1) is 0 Å². The third-order valence-corrected chi connectivity index (χ3v) is 4.94. The Morgan fingerprint density at radius 3 is 0.467 bits per heavy atom. The van der Waals surface area contributed by atoms with E-state index >= 15 is 0 Å². The predicted molar refractivity (Wildman–Crippen MR) is 134 cm³/mol. The molecule has 0 heterocycles. The summed E-state index contributed by atoms with van der Waals surface area (Å²) in [6, 6.07) is 37.1. The summed E-state index contributed by atoms with van der Waals surface area (Å²) in [5, 5.41) is 0. The van der Waals surface area contributed by atoms with E-state index in [1.54, 1.807) is 0 Å². The molecule has 0 N–H and O–H groups in total. The maximum atomic E-state index is 2.12. The number of aryl methyl sites for hydroxylation is 6. The van der Waals surface area contributed by atoms with E-state index in [2.05, 4.69) is 114 Å². The SMILES string of the molecule is Cc1ccccc1C.Cc1ccccc1C.Cc1ccccc1C.c1ccccc1. The van der Waals surface area contributed by atoms with Crippen LogP contribution in [0.5, 0.6) is 0 Å². The quantitative estimate of drug-likeness (QED) is 0.279. The zero-order valence-corrected chi connectivity index (χ0v) is 19.4. The Morgan fingerprint density at radius 2 is 0.367 bits per heavy atom. The molecule has 0 radical (unpaired) electrons. The summed E-state index contributed by atoms with van der Waals surface area (Å²) in [4.78, 5) is 0. The van der Waals surface area contributed by atoms with Gasteiger partial charge in [-0.3, -0.25) is 0 Å². The molecule has 0 fully saturated rings. The van der Waals surface area contributed by atoms with Crippen LogP contribution in [0.15, 0.2) is 109 Å². The molecule has 0 aliphatic heterocycles. The van der Waals surface area contributed by atoms with Crippen molar-refractivity contribution < 1.29 is 0 Å². The van der Waals surface area contributed by atoms with Gasteiger partial charge in [0, 0.05) is 0 Å². The van der Waals surface area contributed by atoms with Gasteiger partial charge in [0.15, 0.2) is 0 Å². The summed E-state index contributed by atoms with van der Waals surface area (Å²) < 4.78 is 0. The number of hydrogen-bond acceptors (Lipinski definition) is 0. The van der Waals surface area contributed by atoms with E-state index in [1.807, 2.05) is 36.4 Å². The van der Waals surface area contributed by atoms with E-state index in [4.69, 9.17) is 0 Å². The van der Waals surface area contributed by atoms with Gasteiger partial charge in [0.1, 0.15) is 0 Å². The molecule has 0 saturated carbocycles. The maximum absolute atomic E-state index is 2.12. The van der Waals surface area contributed by atoms with E-state index in [-0.39, 0.29) is 0 Å². The molecule has 0 nitrogen and oxygen atoms in total. The molecule has 0 aliphatic carbocycles. The van der Waals surface area contributed by atoms with E-state index in [0.717, 1.165) is 0 Å². The van der Waals surface area contributed by atoms with Gasteiger partial charge in [0.25, 0.3) is 0 Å². The average Bonchev–Trinajstić information content (AvgIpc) is 2.77. The minimum Gasteiger partial charge on any atom is -0.0623 e. The first-order valence-electron chi connectivity index (χ1n) is 10.5. The monoisotopic (exact) mass is 396 g/mol. The summed E-state index contributed by atoms with van der Waals surface area (Å²) >= 11 is 0. The van der Waals surface area contributed by atoms with Gasteiger partial charge in [-0.1, -0.05) is 109 Å². The molecule has 0 spiro atoms. The minimum absolute atomic E-state index is 1.37. The van der Waals surface area contributed by atoms with Crippen LogP contribution in [-0.4, -0.2) is 0 Å². The zero-order valence-electron chi connectivity index (χ0n) is 19.4. The van der Waals surface area contributed by atoms with Crippen LogP contribution in [0.3, 0.4) is 0 Å². The van der Waals surface area contributed by atoms with Crippen molar-refractivity contribution in [3.05, 3.63) is 143 Å². The average molecular weight is 397 g/mol. The Balaban J connectivity index is 0.000000201. The summed E-state index contributed by atoms with van der Waals surface area (Å²) in [5.74, 6) is 0. The van der Waals surface area contributed by atoms with Gasteiger partial charge < -0.3 is 0 Å². The van der Waals surface area contributed by atoms with Crippen LogP contribution >= 0.6 is 0 Å². The number of hydrogen-bond donors (Lipinski definition) is 0. The maximum Gasteiger partial charge on any atom is -0.0395 e. The molecule has 0 amide bonds. The molecule has 0 aliphatic rings. The van der Waals surface area contributed by atoms with E-state index in [9.17, 15) is 0 Å². The van der Waals surface area contributed by atoms with Crippen LogP contribution in [0.4, 0.5) is 0 Å². The molecular weight excluding hydrogens is 360 g/mol. The zero-order chi connectivity index (χ0) is 22.2. The molecule has 30 heavy (non-hydrogen) atoms. The lowest BCUT2D eigenvalue weighted by molar-refractivity contribution is 1.34. The number of benzene rings is 4. The van der Waals surface area contributed by atoms with Crippen LogP contribution in [0.25, 0.3) is 0 Å². The van der Waals surface area contributed by atoms with Gasteiger partial charge in [-0.25, -0.2) is 0 Å². The standard InChI is InChI=1S/3C8H10.C6H6/c3*1-7-5-3-4-6-8(7)2;1-2-4-6-5-3-1/h3*3-6H,1-2H3;1-6H. The molecule has 0 unspecified atom stereocenters. The smallest absolute Gasteiger partial charge is 0.0395 e. The van der Waals surface area contributed by atoms with Gasteiger partial charge in [-0.05, 0) is 74.9 Å². The lowest BCUT2D eigenvalue weighted by atomic mass is 10.1. The van der Waals surface area contributed by atoms with Gasteiger partial charge in [0.2, 0.25) is 0 Å². The van der Waals surface area contributed by atoms with Gasteiger partial charge in [-0.2, -0.15) is 0 Å². The minimum atomic E-state index is 1.37. The van der Waals surface area contributed by atoms with E-state index in [0.29, 0.717) is 0 Å². The molecule has 0 saturated heterocycles. The normalized spacial score (nSPS) is 9.00. The first kappa shape index (κ1) is 24.9. The second-order valence-corrected chi connectivity index (χ2v) is 7.41. The van der Waals surface area contributed by atoms with Gasteiger partial charge >= 0.3 is 0 Å². The fourth-order valence-electron chi connectivity index (χ4n) is 2.37. The topological polar surface area (TPSA) is 0 Å². The van der Waals surface area contributed by atoms with Crippen LogP contribution in [0.1, 0.15) is 33.4 Å². The Labute approximate surface area is 184 Å². The molecule has 0 aromatic heterocycles. The molecular formula is C30H36. The highest BCUT2D eigenvalue weighted by molar-refractivity contribution is 5.24. The van der Waals surface area contributed by atoms with Crippen molar-refractivity contribution in [1.82, 2.24) is 0 Å². The van der Waals surface area contributed by atoms with Crippen molar-refractivity contribution in [3.63, 3.8) is 0 Å². The molecule has 4 aromatic carbocycles. The fraction of sp³-hybridized carbons (Fsp3) is 0.200. The highest BCUT2D eigenvalue weighted by Crippen LogP contribution is 2.04. The molecule has 0 bridgehead atoms. The second kappa shape index (κ2) is 14.8. The Morgan fingerprint density at radius 1 is 0.233 bits per heavy atom. The van der Waals surface area contributed by atoms with Crippen molar-refractivity contribution in [2.75, 3.05) is 0 Å². The number of rotatable bonds is 0. The van der Waals surface area contributed by atoms with Crippen LogP contribution < -0.4 is 0 Å². The lowest BCUT2D eigenvalue weighted by Crippen LogP contribution is -1.74. The van der Waals surface area contributed by atoms with Crippen LogP contribution in [0, 0.1) is 41.5 Å². The third-order valence-electron chi connectivity index (χ3n) is 4.94. The molecule has 156 valence electrons. The molecule has 4 aromatic rings. The van der Waals surface area contributed by atoms with Crippen LogP contribution in [-0.2, 0) is 0 Å². The predicted octanol–water partition coefficient (Wildman–Crippen LogP) is 8.60. The summed E-state index contributed by atoms with van der Waals surface area (Å²) in [6.45, 7) is 12.7. The molecule has 0 atom stereocenters. The van der Waals surface area contributed by atoms with Crippen molar-refractivity contribution >= 4 is 0 Å². The molecule has 4 rings (SSSR count). The third kappa shape index (κ3) is 11.0. The highest BCUT2D eigenvalue weighted by Gasteiger charge is 1.85. The lowest BCUT2D eigenvalue weighted by Gasteiger charge is -1.93. The van der Waals surface area contributed by atoms with E-state index in [1.165, 1.54) is 33.4 Å².